The zero-order chi connectivity index (χ0) is 22.1. The molecule has 1 aromatic heterocycles. The van der Waals surface area contributed by atoms with Crippen molar-refractivity contribution in [1.82, 2.24) is 4.98 Å². The van der Waals surface area contributed by atoms with E-state index in [9.17, 15) is 4.79 Å². The van der Waals surface area contributed by atoms with E-state index in [1.54, 1.807) is 0 Å². The molecule has 4 heteroatoms. The summed E-state index contributed by atoms with van der Waals surface area (Å²) in [5, 5.41) is 2.96. The number of carbonyl (C=O) groups is 1. The van der Waals surface area contributed by atoms with Crippen LogP contribution in [-0.4, -0.2) is 10.9 Å². The number of hydrogen-bond acceptors (Lipinski definition) is 3. The highest BCUT2D eigenvalue weighted by atomic mass is 16.3. The van der Waals surface area contributed by atoms with Crippen LogP contribution in [0.15, 0.2) is 95.4 Å². The van der Waals surface area contributed by atoms with E-state index in [0.717, 1.165) is 22.3 Å². The molecule has 0 aliphatic rings. The SMILES string of the molecule is Cc1ccc(-c2nc3cc(NC(=O)c4ccc(-c5ccccc5)cc4)ccc3o2)c(C)c1. The van der Waals surface area contributed by atoms with Crippen LogP contribution < -0.4 is 5.32 Å². The van der Waals surface area contributed by atoms with Gasteiger partial charge in [0.05, 0.1) is 0 Å². The standard InChI is InChI=1S/C28H22N2O2/c1-18-8-14-24(19(2)16-18)28-30-25-17-23(13-15-26(25)32-28)29-27(31)22-11-9-21(10-12-22)20-6-4-3-5-7-20/h3-17H,1-2H3,(H,29,31). The van der Waals surface area contributed by atoms with Crippen molar-refractivity contribution < 1.29 is 9.21 Å². The lowest BCUT2D eigenvalue weighted by molar-refractivity contribution is 0.102. The first-order valence-corrected chi connectivity index (χ1v) is 10.5. The molecule has 32 heavy (non-hydrogen) atoms. The maximum atomic E-state index is 12.7. The normalized spacial score (nSPS) is 10.9. The third kappa shape index (κ3) is 3.91. The van der Waals surface area contributed by atoms with Gasteiger partial charge in [-0.1, -0.05) is 60.2 Å². The number of aromatic nitrogens is 1. The molecule has 1 amide bonds. The molecule has 0 saturated carbocycles. The zero-order valence-electron chi connectivity index (χ0n) is 17.9. The van der Waals surface area contributed by atoms with Gasteiger partial charge in [-0.2, -0.15) is 0 Å². The van der Waals surface area contributed by atoms with Gasteiger partial charge in [0.25, 0.3) is 5.91 Å². The minimum Gasteiger partial charge on any atom is -0.436 e. The minimum atomic E-state index is -0.165. The van der Waals surface area contributed by atoms with Gasteiger partial charge in [-0.3, -0.25) is 4.79 Å². The van der Waals surface area contributed by atoms with Gasteiger partial charge in [0.2, 0.25) is 5.89 Å². The average Bonchev–Trinajstić information content (AvgIpc) is 3.23. The summed E-state index contributed by atoms with van der Waals surface area (Å²) in [5.41, 5.74) is 8.14. The molecule has 1 N–H and O–H groups in total. The number of anilines is 1. The highest BCUT2D eigenvalue weighted by Crippen LogP contribution is 2.29. The predicted octanol–water partition coefficient (Wildman–Crippen LogP) is 7.03. The van der Waals surface area contributed by atoms with E-state index in [1.165, 1.54) is 5.56 Å². The molecular formula is C28H22N2O2. The molecule has 0 radical (unpaired) electrons. The van der Waals surface area contributed by atoms with Gasteiger partial charge >= 0.3 is 0 Å². The number of benzene rings is 4. The van der Waals surface area contributed by atoms with Gasteiger partial charge < -0.3 is 9.73 Å². The van der Waals surface area contributed by atoms with E-state index in [-0.39, 0.29) is 5.91 Å². The number of rotatable bonds is 4. The summed E-state index contributed by atoms with van der Waals surface area (Å²) in [6.45, 7) is 4.11. The fourth-order valence-corrected chi connectivity index (χ4v) is 3.82. The minimum absolute atomic E-state index is 0.165. The highest BCUT2D eigenvalue weighted by molar-refractivity contribution is 6.05. The van der Waals surface area contributed by atoms with Crippen LogP contribution in [0.5, 0.6) is 0 Å². The van der Waals surface area contributed by atoms with E-state index in [0.29, 0.717) is 28.2 Å². The summed E-state index contributed by atoms with van der Waals surface area (Å²) in [5.74, 6) is 0.416. The van der Waals surface area contributed by atoms with Crippen molar-refractivity contribution in [2.75, 3.05) is 5.32 Å². The lowest BCUT2D eigenvalue weighted by atomic mass is 10.0. The smallest absolute Gasteiger partial charge is 0.255 e. The van der Waals surface area contributed by atoms with E-state index in [2.05, 4.69) is 35.4 Å². The van der Waals surface area contributed by atoms with Crippen molar-refractivity contribution in [2.45, 2.75) is 13.8 Å². The first kappa shape index (κ1) is 19.8. The van der Waals surface area contributed by atoms with Crippen LogP contribution in [0, 0.1) is 13.8 Å². The Morgan fingerprint density at radius 1 is 0.812 bits per heavy atom. The van der Waals surface area contributed by atoms with Gasteiger partial charge in [0.15, 0.2) is 5.58 Å². The van der Waals surface area contributed by atoms with E-state index < -0.39 is 0 Å². The molecule has 0 spiro atoms. The lowest BCUT2D eigenvalue weighted by Crippen LogP contribution is -2.11. The zero-order valence-corrected chi connectivity index (χ0v) is 17.9. The van der Waals surface area contributed by atoms with Gasteiger partial charge in [0, 0.05) is 16.8 Å². The van der Waals surface area contributed by atoms with Gasteiger partial charge in [0.1, 0.15) is 5.52 Å². The second kappa shape index (κ2) is 8.16. The van der Waals surface area contributed by atoms with Crippen LogP contribution in [0.2, 0.25) is 0 Å². The Morgan fingerprint density at radius 2 is 1.56 bits per heavy atom. The molecule has 4 nitrogen and oxygen atoms in total. The molecule has 5 aromatic rings. The number of carbonyl (C=O) groups excluding carboxylic acids is 1. The largest absolute Gasteiger partial charge is 0.436 e. The maximum absolute atomic E-state index is 12.7. The number of aryl methyl sites for hydroxylation is 2. The monoisotopic (exact) mass is 418 g/mol. The van der Waals surface area contributed by atoms with Crippen molar-refractivity contribution in [3.05, 3.63) is 108 Å². The number of nitrogens with zero attached hydrogens (tertiary/aromatic N) is 1. The maximum Gasteiger partial charge on any atom is 0.255 e. The van der Waals surface area contributed by atoms with Crippen molar-refractivity contribution in [2.24, 2.45) is 0 Å². The highest BCUT2D eigenvalue weighted by Gasteiger charge is 2.13. The second-order valence-corrected chi connectivity index (χ2v) is 7.92. The number of oxazole rings is 1. The summed E-state index contributed by atoms with van der Waals surface area (Å²) >= 11 is 0. The number of fused-ring (bicyclic) bond motifs is 1. The first-order valence-electron chi connectivity index (χ1n) is 10.5. The van der Waals surface area contributed by atoms with Crippen molar-refractivity contribution in [3.8, 4) is 22.6 Å². The lowest BCUT2D eigenvalue weighted by Gasteiger charge is -2.06. The molecule has 0 fully saturated rings. The molecule has 5 rings (SSSR count). The molecule has 4 aromatic carbocycles. The Balaban J connectivity index is 1.36. The number of hydrogen-bond donors (Lipinski definition) is 1. The van der Waals surface area contributed by atoms with Gasteiger partial charge in [-0.25, -0.2) is 4.98 Å². The van der Waals surface area contributed by atoms with Crippen LogP contribution >= 0.6 is 0 Å². The molecule has 156 valence electrons. The summed E-state index contributed by atoms with van der Waals surface area (Å²) in [4.78, 5) is 17.4. The van der Waals surface area contributed by atoms with Gasteiger partial charge in [-0.15, -0.1) is 0 Å². The second-order valence-electron chi connectivity index (χ2n) is 7.92. The molecular weight excluding hydrogens is 396 g/mol. The predicted molar refractivity (Wildman–Crippen MR) is 129 cm³/mol. The van der Waals surface area contributed by atoms with Crippen LogP contribution in [-0.2, 0) is 0 Å². The summed E-state index contributed by atoms with van der Waals surface area (Å²) in [6.07, 6.45) is 0. The average molecular weight is 418 g/mol. The van der Waals surface area contributed by atoms with Crippen LogP contribution in [0.25, 0.3) is 33.7 Å². The van der Waals surface area contributed by atoms with E-state index in [1.807, 2.05) is 79.7 Å². The molecule has 0 bridgehead atoms. The summed E-state index contributed by atoms with van der Waals surface area (Å²) in [6, 6.07) is 29.4. The Morgan fingerprint density at radius 3 is 2.31 bits per heavy atom. The quantitative estimate of drug-likeness (QED) is 0.341. The van der Waals surface area contributed by atoms with Crippen molar-refractivity contribution >= 4 is 22.7 Å². The van der Waals surface area contributed by atoms with E-state index in [4.69, 9.17) is 4.42 Å². The summed E-state index contributed by atoms with van der Waals surface area (Å²) in [7, 11) is 0. The third-order valence-electron chi connectivity index (χ3n) is 5.51. The van der Waals surface area contributed by atoms with Crippen LogP contribution in [0.3, 0.4) is 0 Å². The third-order valence-corrected chi connectivity index (χ3v) is 5.51. The summed E-state index contributed by atoms with van der Waals surface area (Å²) < 4.78 is 5.95. The fraction of sp³-hybridized carbons (Fsp3) is 0.0714. The van der Waals surface area contributed by atoms with Crippen LogP contribution in [0.1, 0.15) is 21.5 Å². The Hall–Kier alpha value is -4.18. The molecule has 0 aliphatic heterocycles. The Kier molecular flexibility index (Phi) is 5.04. The molecule has 0 saturated heterocycles. The number of amides is 1. The molecule has 0 unspecified atom stereocenters. The van der Waals surface area contributed by atoms with E-state index >= 15 is 0 Å². The van der Waals surface area contributed by atoms with Crippen molar-refractivity contribution in [3.63, 3.8) is 0 Å². The topological polar surface area (TPSA) is 55.1 Å². The fourth-order valence-electron chi connectivity index (χ4n) is 3.82. The van der Waals surface area contributed by atoms with Crippen molar-refractivity contribution in [1.29, 1.82) is 0 Å². The Labute approximate surface area is 186 Å². The molecule has 0 aliphatic carbocycles. The number of nitrogens with one attached hydrogen (secondary N) is 1. The molecule has 1 heterocycles. The van der Waals surface area contributed by atoms with Crippen LogP contribution in [0.4, 0.5) is 5.69 Å². The Bertz CT molecular complexity index is 1420. The van der Waals surface area contributed by atoms with Gasteiger partial charge in [-0.05, 0) is 66.9 Å². The molecule has 0 atom stereocenters. The first-order chi connectivity index (χ1) is 15.6.